The van der Waals surface area contributed by atoms with Gasteiger partial charge in [0.25, 0.3) is 5.69 Å². The monoisotopic (exact) mass is 292 g/mol. The van der Waals surface area contributed by atoms with Crippen molar-refractivity contribution in [1.29, 1.82) is 0 Å². The molecule has 7 heteroatoms. The molecule has 2 rings (SSSR count). The lowest BCUT2D eigenvalue weighted by atomic mass is 10.2. The van der Waals surface area contributed by atoms with Gasteiger partial charge in [0.2, 0.25) is 0 Å². The van der Waals surface area contributed by atoms with Gasteiger partial charge in [-0.3, -0.25) is 10.1 Å². The lowest BCUT2D eigenvalue weighted by Gasteiger charge is -2.08. The van der Waals surface area contributed by atoms with E-state index in [1.807, 2.05) is 0 Å². The third-order valence-electron chi connectivity index (χ3n) is 2.56. The van der Waals surface area contributed by atoms with Gasteiger partial charge in [0.15, 0.2) is 0 Å². The van der Waals surface area contributed by atoms with E-state index in [9.17, 15) is 14.9 Å². The SMILES string of the molecule is O=C(O)c1cc(Nc2ccc([N+](=O)[O-])cc2)ccc1Cl. The molecule has 2 aromatic carbocycles. The van der Waals surface area contributed by atoms with Gasteiger partial charge in [0.1, 0.15) is 0 Å². The van der Waals surface area contributed by atoms with Crippen molar-refractivity contribution >= 4 is 34.6 Å². The molecule has 0 aliphatic rings. The zero-order valence-corrected chi connectivity index (χ0v) is 10.8. The van der Waals surface area contributed by atoms with E-state index >= 15 is 0 Å². The summed E-state index contributed by atoms with van der Waals surface area (Å²) in [5, 5.41) is 22.6. The van der Waals surface area contributed by atoms with Gasteiger partial charge >= 0.3 is 5.97 Å². The number of aromatic carboxylic acids is 1. The van der Waals surface area contributed by atoms with Gasteiger partial charge < -0.3 is 10.4 Å². The molecule has 0 spiro atoms. The van der Waals surface area contributed by atoms with E-state index in [1.54, 1.807) is 6.07 Å². The van der Waals surface area contributed by atoms with Crippen LogP contribution in [0.15, 0.2) is 42.5 Å². The zero-order valence-electron chi connectivity index (χ0n) is 10.0. The van der Waals surface area contributed by atoms with Crippen molar-refractivity contribution in [3.8, 4) is 0 Å². The van der Waals surface area contributed by atoms with Crippen LogP contribution in [0.25, 0.3) is 0 Å². The molecule has 0 fully saturated rings. The first-order valence-electron chi connectivity index (χ1n) is 5.51. The highest BCUT2D eigenvalue weighted by molar-refractivity contribution is 6.33. The van der Waals surface area contributed by atoms with E-state index < -0.39 is 10.9 Å². The molecular formula is C13H9ClN2O4. The number of nitrogens with one attached hydrogen (secondary N) is 1. The number of benzene rings is 2. The average Bonchev–Trinajstić information content (AvgIpc) is 2.41. The van der Waals surface area contributed by atoms with Crippen molar-refractivity contribution in [2.75, 3.05) is 5.32 Å². The molecule has 0 saturated heterocycles. The Bertz CT molecular complexity index is 671. The van der Waals surface area contributed by atoms with E-state index in [1.165, 1.54) is 36.4 Å². The van der Waals surface area contributed by atoms with Crippen LogP contribution in [0.4, 0.5) is 17.1 Å². The van der Waals surface area contributed by atoms with Crippen LogP contribution in [-0.2, 0) is 0 Å². The topological polar surface area (TPSA) is 92.5 Å². The van der Waals surface area contributed by atoms with Gasteiger partial charge in [-0.05, 0) is 30.3 Å². The van der Waals surface area contributed by atoms with Gasteiger partial charge in [-0.2, -0.15) is 0 Å². The van der Waals surface area contributed by atoms with Crippen LogP contribution in [0.2, 0.25) is 5.02 Å². The van der Waals surface area contributed by atoms with E-state index in [0.717, 1.165) is 0 Å². The Labute approximate surface area is 118 Å². The van der Waals surface area contributed by atoms with Crippen LogP contribution >= 0.6 is 11.6 Å². The van der Waals surface area contributed by atoms with Crippen LogP contribution in [0.5, 0.6) is 0 Å². The fourth-order valence-corrected chi connectivity index (χ4v) is 1.80. The highest BCUT2D eigenvalue weighted by Crippen LogP contribution is 2.24. The maximum absolute atomic E-state index is 11.0. The Hall–Kier alpha value is -2.60. The Morgan fingerprint density at radius 1 is 1.15 bits per heavy atom. The summed E-state index contributed by atoms with van der Waals surface area (Å²) in [6.45, 7) is 0. The lowest BCUT2D eigenvalue weighted by Crippen LogP contribution is -1.99. The van der Waals surface area contributed by atoms with E-state index in [-0.39, 0.29) is 16.3 Å². The molecule has 0 radical (unpaired) electrons. The lowest BCUT2D eigenvalue weighted by molar-refractivity contribution is -0.384. The van der Waals surface area contributed by atoms with Crippen molar-refractivity contribution in [1.82, 2.24) is 0 Å². The van der Waals surface area contributed by atoms with Crippen molar-refractivity contribution in [3.05, 3.63) is 63.2 Å². The largest absolute Gasteiger partial charge is 0.478 e. The first kappa shape index (κ1) is 13.8. The summed E-state index contributed by atoms with van der Waals surface area (Å²) < 4.78 is 0. The maximum atomic E-state index is 11.0. The predicted molar refractivity (Wildman–Crippen MR) is 74.8 cm³/mol. The number of rotatable bonds is 4. The molecule has 102 valence electrons. The van der Waals surface area contributed by atoms with Crippen molar-refractivity contribution < 1.29 is 14.8 Å². The number of carbonyl (C=O) groups is 1. The summed E-state index contributed by atoms with van der Waals surface area (Å²) >= 11 is 5.77. The van der Waals surface area contributed by atoms with Crippen LogP contribution < -0.4 is 5.32 Å². The fourth-order valence-electron chi connectivity index (χ4n) is 1.60. The minimum atomic E-state index is -1.12. The van der Waals surface area contributed by atoms with Crippen LogP contribution in [0.3, 0.4) is 0 Å². The van der Waals surface area contributed by atoms with Crippen molar-refractivity contribution in [2.45, 2.75) is 0 Å². The third-order valence-corrected chi connectivity index (χ3v) is 2.89. The van der Waals surface area contributed by atoms with E-state index in [4.69, 9.17) is 16.7 Å². The average molecular weight is 293 g/mol. The van der Waals surface area contributed by atoms with Crippen LogP contribution in [0.1, 0.15) is 10.4 Å². The van der Waals surface area contributed by atoms with Crippen molar-refractivity contribution in [3.63, 3.8) is 0 Å². The second-order valence-electron chi connectivity index (χ2n) is 3.93. The van der Waals surface area contributed by atoms with Gasteiger partial charge in [-0.15, -0.1) is 0 Å². The molecule has 0 unspecified atom stereocenters. The van der Waals surface area contributed by atoms with Gasteiger partial charge in [-0.25, -0.2) is 4.79 Å². The number of hydrogen-bond donors (Lipinski definition) is 2. The molecule has 2 N–H and O–H groups in total. The van der Waals surface area contributed by atoms with E-state index in [2.05, 4.69) is 5.32 Å². The number of nitro groups is 1. The molecule has 0 amide bonds. The second-order valence-corrected chi connectivity index (χ2v) is 4.34. The molecule has 0 aromatic heterocycles. The maximum Gasteiger partial charge on any atom is 0.337 e. The summed E-state index contributed by atoms with van der Waals surface area (Å²) in [6.07, 6.45) is 0. The van der Waals surface area contributed by atoms with Gasteiger partial charge in [-0.1, -0.05) is 11.6 Å². The number of carboxylic acid groups (broad SMARTS) is 1. The van der Waals surface area contributed by atoms with Gasteiger partial charge in [0.05, 0.1) is 15.5 Å². The first-order chi connectivity index (χ1) is 9.47. The fraction of sp³-hybridized carbons (Fsp3) is 0. The van der Waals surface area contributed by atoms with E-state index in [0.29, 0.717) is 11.4 Å². The molecule has 0 saturated carbocycles. The number of halogens is 1. The molecule has 0 bridgehead atoms. The summed E-state index contributed by atoms with van der Waals surface area (Å²) in [6, 6.07) is 10.3. The number of hydrogen-bond acceptors (Lipinski definition) is 4. The molecule has 0 aliphatic carbocycles. The highest BCUT2D eigenvalue weighted by atomic mass is 35.5. The van der Waals surface area contributed by atoms with Gasteiger partial charge in [0, 0.05) is 23.5 Å². The molecule has 0 atom stereocenters. The Balaban J connectivity index is 2.23. The quantitative estimate of drug-likeness (QED) is 0.662. The summed E-state index contributed by atoms with van der Waals surface area (Å²) in [5.41, 5.74) is 1.10. The van der Waals surface area contributed by atoms with Crippen LogP contribution in [-0.4, -0.2) is 16.0 Å². The summed E-state index contributed by atoms with van der Waals surface area (Å²) in [5.74, 6) is -1.12. The minimum absolute atomic E-state index is 0.0152. The first-order valence-corrected chi connectivity index (χ1v) is 5.89. The molecular weight excluding hydrogens is 284 g/mol. The Kier molecular flexibility index (Phi) is 3.86. The molecule has 20 heavy (non-hydrogen) atoms. The summed E-state index contributed by atoms with van der Waals surface area (Å²) in [7, 11) is 0. The number of nitro benzene ring substituents is 1. The molecule has 0 aliphatic heterocycles. The normalized spacial score (nSPS) is 10.1. The number of anilines is 2. The Morgan fingerprint density at radius 2 is 1.75 bits per heavy atom. The number of carboxylic acids is 1. The molecule has 6 nitrogen and oxygen atoms in total. The summed E-state index contributed by atoms with van der Waals surface area (Å²) in [4.78, 5) is 21.0. The van der Waals surface area contributed by atoms with Crippen LogP contribution in [0, 0.1) is 10.1 Å². The zero-order chi connectivity index (χ0) is 14.7. The third kappa shape index (κ3) is 3.04. The molecule has 2 aromatic rings. The molecule has 0 heterocycles. The second kappa shape index (κ2) is 5.58. The smallest absolute Gasteiger partial charge is 0.337 e. The van der Waals surface area contributed by atoms with Crippen molar-refractivity contribution in [2.24, 2.45) is 0 Å². The predicted octanol–water partition coefficient (Wildman–Crippen LogP) is 3.69. The number of nitrogens with zero attached hydrogens (tertiary/aromatic N) is 1. The highest BCUT2D eigenvalue weighted by Gasteiger charge is 2.10. The Morgan fingerprint density at radius 3 is 2.30 bits per heavy atom. The standard InChI is InChI=1S/C13H9ClN2O4/c14-12-6-3-9(7-11(12)13(17)18)15-8-1-4-10(5-2-8)16(19)20/h1-7,15H,(H,17,18). The minimum Gasteiger partial charge on any atom is -0.478 e. The number of non-ortho nitro benzene ring substituents is 1.